The summed E-state index contributed by atoms with van der Waals surface area (Å²) >= 11 is 1.45. The summed E-state index contributed by atoms with van der Waals surface area (Å²) in [6, 6.07) is 6.29. The molecule has 0 saturated carbocycles. The average Bonchev–Trinajstić information content (AvgIpc) is 2.97. The molecule has 0 atom stereocenters. The quantitative estimate of drug-likeness (QED) is 0.544. The van der Waals surface area contributed by atoms with Gasteiger partial charge in [0, 0.05) is 24.8 Å². The summed E-state index contributed by atoms with van der Waals surface area (Å²) in [6.07, 6.45) is 1.80. The predicted molar refractivity (Wildman–Crippen MR) is 73.7 cm³/mol. The van der Waals surface area contributed by atoms with Crippen LogP contribution in [0.1, 0.15) is 5.01 Å². The van der Waals surface area contributed by atoms with E-state index in [9.17, 15) is 10.1 Å². The van der Waals surface area contributed by atoms with Crippen molar-refractivity contribution in [1.29, 1.82) is 0 Å². The lowest BCUT2D eigenvalue weighted by Crippen LogP contribution is -1.88. The second-order valence-electron chi connectivity index (χ2n) is 4.09. The smallest absolute Gasteiger partial charge is 0.269 e. The van der Waals surface area contributed by atoms with Crippen molar-refractivity contribution in [1.82, 2.24) is 14.6 Å². The van der Waals surface area contributed by atoms with Gasteiger partial charge in [-0.2, -0.15) is 5.10 Å². The first kappa shape index (κ1) is 12.7. The Morgan fingerprint density at radius 3 is 2.75 bits per heavy atom. The maximum atomic E-state index is 10.6. The second kappa shape index (κ2) is 4.99. The molecule has 0 amide bonds. The largest absolute Gasteiger partial charge is 0.377 e. The third-order valence-electron chi connectivity index (χ3n) is 2.73. The minimum atomic E-state index is -0.423. The van der Waals surface area contributed by atoms with Gasteiger partial charge in [-0.05, 0) is 12.1 Å². The Morgan fingerprint density at radius 1 is 1.40 bits per heavy atom. The summed E-state index contributed by atoms with van der Waals surface area (Å²) < 4.78 is 6.71. The van der Waals surface area contributed by atoms with E-state index in [0.29, 0.717) is 6.61 Å². The van der Waals surface area contributed by atoms with Crippen LogP contribution < -0.4 is 0 Å². The van der Waals surface area contributed by atoms with Crippen LogP contribution in [0.5, 0.6) is 0 Å². The highest BCUT2D eigenvalue weighted by Gasteiger charge is 2.11. The number of aromatic nitrogens is 3. The van der Waals surface area contributed by atoms with Crippen molar-refractivity contribution in [3.8, 4) is 11.3 Å². The van der Waals surface area contributed by atoms with E-state index in [4.69, 9.17) is 4.74 Å². The Morgan fingerprint density at radius 2 is 2.15 bits per heavy atom. The van der Waals surface area contributed by atoms with E-state index in [1.165, 1.54) is 23.5 Å². The lowest BCUT2D eigenvalue weighted by molar-refractivity contribution is -0.384. The van der Waals surface area contributed by atoms with Crippen molar-refractivity contribution in [2.45, 2.75) is 6.61 Å². The molecule has 3 rings (SSSR count). The van der Waals surface area contributed by atoms with Crippen molar-refractivity contribution >= 4 is 22.0 Å². The molecule has 0 unspecified atom stereocenters. The van der Waals surface area contributed by atoms with Gasteiger partial charge in [0.1, 0.15) is 5.01 Å². The van der Waals surface area contributed by atoms with Gasteiger partial charge >= 0.3 is 0 Å². The normalized spacial score (nSPS) is 11.1. The Bertz CT molecular complexity index is 731. The van der Waals surface area contributed by atoms with E-state index in [1.807, 2.05) is 0 Å². The maximum absolute atomic E-state index is 10.6. The van der Waals surface area contributed by atoms with Crippen LogP contribution >= 0.6 is 11.3 Å². The number of fused-ring (bicyclic) bond motifs is 1. The van der Waals surface area contributed by atoms with Crippen LogP contribution in [-0.2, 0) is 11.3 Å². The highest BCUT2D eigenvalue weighted by Crippen LogP contribution is 2.24. The van der Waals surface area contributed by atoms with Gasteiger partial charge in [-0.1, -0.05) is 11.3 Å². The maximum Gasteiger partial charge on any atom is 0.269 e. The number of methoxy groups -OCH3 is 1. The molecule has 0 N–H and O–H groups in total. The highest BCUT2D eigenvalue weighted by atomic mass is 32.1. The number of nitrogens with zero attached hydrogens (tertiary/aromatic N) is 4. The van der Waals surface area contributed by atoms with Gasteiger partial charge in [-0.25, -0.2) is 9.50 Å². The van der Waals surface area contributed by atoms with Gasteiger partial charge in [-0.3, -0.25) is 10.1 Å². The van der Waals surface area contributed by atoms with E-state index in [2.05, 4.69) is 10.1 Å². The number of hydrogen-bond donors (Lipinski definition) is 0. The molecule has 0 radical (unpaired) electrons. The molecule has 2 heterocycles. The van der Waals surface area contributed by atoms with Crippen LogP contribution in [0.4, 0.5) is 5.69 Å². The Kier molecular flexibility index (Phi) is 3.17. The minimum absolute atomic E-state index is 0.0651. The molecule has 0 aliphatic rings. The fraction of sp³-hybridized carbons (Fsp3) is 0.167. The molecule has 8 heteroatoms. The third kappa shape index (κ3) is 2.26. The van der Waals surface area contributed by atoms with Gasteiger partial charge in [0.25, 0.3) is 5.69 Å². The van der Waals surface area contributed by atoms with Gasteiger partial charge in [0.05, 0.1) is 23.4 Å². The van der Waals surface area contributed by atoms with Crippen LogP contribution in [0.2, 0.25) is 0 Å². The fourth-order valence-corrected chi connectivity index (χ4v) is 2.66. The summed E-state index contributed by atoms with van der Waals surface area (Å²) in [5.74, 6) is 0. The van der Waals surface area contributed by atoms with Crippen molar-refractivity contribution < 1.29 is 9.66 Å². The van der Waals surface area contributed by atoms with Crippen molar-refractivity contribution in [3.05, 3.63) is 45.6 Å². The molecular weight excluding hydrogens is 280 g/mol. The Labute approximate surface area is 117 Å². The summed E-state index contributed by atoms with van der Waals surface area (Å²) in [5.41, 5.74) is 1.62. The lowest BCUT2D eigenvalue weighted by atomic mass is 10.1. The van der Waals surface area contributed by atoms with E-state index in [1.54, 1.807) is 30.0 Å². The van der Waals surface area contributed by atoms with Crippen molar-refractivity contribution in [2.75, 3.05) is 7.11 Å². The highest BCUT2D eigenvalue weighted by molar-refractivity contribution is 7.16. The monoisotopic (exact) mass is 290 g/mol. The van der Waals surface area contributed by atoms with Gasteiger partial charge in [-0.15, -0.1) is 0 Å². The number of benzene rings is 1. The molecule has 2 aromatic heterocycles. The number of nitro benzene ring substituents is 1. The van der Waals surface area contributed by atoms with Gasteiger partial charge < -0.3 is 4.74 Å². The van der Waals surface area contributed by atoms with Crippen LogP contribution in [0.15, 0.2) is 30.5 Å². The van der Waals surface area contributed by atoms with Gasteiger partial charge in [0.15, 0.2) is 0 Å². The number of imidazole rings is 1. The molecular formula is C12H10N4O3S. The van der Waals surface area contributed by atoms with Gasteiger partial charge in [0.2, 0.25) is 4.96 Å². The van der Waals surface area contributed by atoms with Crippen LogP contribution in [0.25, 0.3) is 16.2 Å². The molecule has 3 aromatic rings. The zero-order valence-corrected chi connectivity index (χ0v) is 11.3. The number of non-ortho nitro benzene ring substituents is 1. The van der Waals surface area contributed by atoms with Crippen LogP contribution in [0.3, 0.4) is 0 Å². The Balaban J connectivity index is 1.93. The van der Waals surface area contributed by atoms with Crippen molar-refractivity contribution in [2.24, 2.45) is 0 Å². The molecule has 0 aliphatic carbocycles. The Hall–Kier alpha value is -2.32. The zero-order valence-electron chi connectivity index (χ0n) is 10.5. The molecule has 0 fully saturated rings. The zero-order chi connectivity index (χ0) is 14.1. The minimum Gasteiger partial charge on any atom is -0.377 e. The number of ether oxygens (including phenoxy) is 1. The fourth-order valence-electron chi connectivity index (χ4n) is 1.82. The standard InChI is InChI=1S/C12H10N4O3S/c1-19-7-11-14-15-6-10(13-12(15)20-11)8-2-4-9(5-3-8)16(17)18/h2-6H,7H2,1H3. The first-order valence-electron chi connectivity index (χ1n) is 5.76. The van der Waals surface area contributed by atoms with E-state index in [0.717, 1.165) is 21.2 Å². The number of rotatable bonds is 4. The molecule has 0 spiro atoms. The molecule has 0 aliphatic heterocycles. The molecule has 0 saturated heterocycles. The third-order valence-corrected chi connectivity index (χ3v) is 3.62. The summed E-state index contributed by atoms with van der Waals surface area (Å²) in [7, 11) is 1.62. The number of nitro groups is 1. The number of hydrogen-bond acceptors (Lipinski definition) is 6. The molecule has 102 valence electrons. The SMILES string of the molecule is COCc1nn2cc(-c3ccc([N+](=O)[O-])cc3)nc2s1. The average molecular weight is 290 g/mol. The predicted octanol–water partition coefficient (Wildman–Crippen LogP) is 2.51. The molecule has 7 nitrogen and oxygen atoms in total. The van der Waals surface area contributed by atoms with Crippen molar-refractivity contribution in [3.63, 3.8) is 0 Å². The molecule has 20 heavy (non-hydrogen) atoms. The first-order chi connectivity index (χ1) is 9.67. The van der Waals surface area contributed by atoms with E-state index in [-0.39, 0.29) is 5.69 Å². The summed E-state index contributed by atoms with van der Waals surface area (Å²) in [5, 5.41) is 15.8. The summed E-state index contributed by atoms with van der Waals surface area (Å²) in [6.45, 7) is 0.459. The van der Waals surface area contributed by atoms with Crippen LogP contribution in [-0.4, -0.2) is 26.6 Å². The summed E-state index contributed by atoms with van der Waals surface area (Å²) in [4.78, 5) is 15.4. The second-order valence-corrected chi connectivity index (χ2v) is 5.13. The lowest BCUT2D eigenvalue weighted by Gasteiger charge is -1.95. The first-order valence-corrected chi connectivity index (χ1v) is 6.58. The topological polar surface area (TPSA) is 82.6 Å². The molecule has 1 aromatic carbocycles. The molecule has 0 bridgehead atoms. The van der Waals surface area contributed by atoms with E-state index >= 15 is 0 Å². The van der Waals surface area contributed by atoms with Crippen LogP contribution in [0, 0.1) is 10.1 Å². The van der Waals surface area contributed by atoms with E-state index < -0.39 is 4.92 Å².